The number of rotatable bonds is 6. The molecule has 1 amide bonds. The van der Waals surface area contributed by atoms with Crippen LogP contribution < -0.4 is 5.73 Å². The van der Waals surface area contributed by atoms with E-state index in [1.165, 1.54) is 12.1 Å². The van der Waals surface area contributed by atoms with Gasteiger partial charge in [-0.2, -0.15) is 0 Å². The standard InChI is InChI=1S/C15H21FN2O/c1-2-3-14(17)15(19)18(13-8-9-13)10-11-4-6-12(16)7-5-11/h4-7,13-14H,2-3,8-10,17H2,1H3/t14-/m1/s1. The molecule has 0 heterocycles. The Morgan fingerprint density at radius 2 is 2.05 bits per heavy atom. The fraction of sp³-hybridized carbons (Fsp3) is 0.533. The number of amides is 1. The minimum Gasteiger partial charge on any atom is -0.334 e. The van der Waals surface area contributed by atoms with E-state index in [0.29, 0.717) is 19.0 Å². The van der Waals surface area contributed by atoms with Gasteiger partial charge in [0, 0.05) is 12.6 Å². The average molecular weight is 264 g/mol. The molecule has 1 aromatic rings. The molecule has 0 bridgehead atoms. The molecular weight excluding hydrogens is 243 g/mol. The molecule has 0 unspecified atom stereocenters. The third kappa shape index (κ3) is 3.77. The van der Waals surface area contributed by atoms with Crippen LogP contribution in [0.1, 0.15) is 38.2 Å². The Morgan fingerprint density at radius 3 is 2.58 bits per heavy atom. The Hall–Kier alpha value is -1.42. The van der Waals surface area contributed by atoms with Crippen molar-refractivity contribution in [3.63, 3.8) is 0 Å². The summed E-state index contributed by atoms with van der Waals surface area (Å²) in [5.41, 5.74) is 6.87. The van der Waals surface area contributed by atoms with Crippen LogP contribution in [0.4, 0.5) is 4.39 Å². The van der Waals surface area contributed by atoms with Crippen LogP contribution in [0, 0.1) is 5.82 Å². The smallest absolute Gasteiger partial charge is 0.240 e. The lowest BCUT2D eigenvalue weighted by Gasteiger charge is -2.25. The van der Waals surface area contributed by atoms with Gasteiger partial charge in [0.2, 0.25) is 5.91 Å². The van der Waals surface area contributed by atoms with E-state index in [1.807, 2.05) is 11.8 Å². The normalized spacial score (nSPS) is 16.2. The minimum absolute atomic E-state index is 0.0219. The highest BCUT2D eigenvalue weighted by Gasteiger charge is 2.34. The first-order valence-electron chi connectivity index (χ1n) is 6.92. The van der Waals surface area contributed by atoms with Crippen molar-refractivity contribution >= 4 is 5.91 Å². The van der Waals surface area contributed by atoms with E-state index in [9.17, 15) is 9.18 Å². The van der Waals surface area contributed by atoms with Gasteiger partial charge in [-0.25, -0.2) is 4.39 Å². The Morgan fingerprint density at radius 1 is 1.42 bits per heavy atom. The number of nitrogens with two attached hydrogens (primary N) is 1. The van der Waals surface area contributed by atoms with Gasteiger partial charge < -0.3 is 10.6 Å². The lowest BCUT2D eigenvalue weighted by atomic mass is 10.1. The molecule has 2 N–H and O–H groups in total. The van der Waals surface area contributed by atoms with Crippen molar-refractivity contribution in [3.05, 3.63) is 35.6 Å². The van der Waals surface area contributed by atoms with E-state index in [1.54, 1.807) is 12.1 Å². The zero-order valence-corrected chi connectivity index (χ0v) is 11.3. The number of carbonyl (C=O) groups is 1. The second-order valence-electron chi connectivity index (χ2n) is 5.22. The van der Waals surface area contributed by atoms with Crippen molar-refractivity contribution in [3.8, 4) is 0 Å². The lowest BCUT2D eigenvalue weighted by Crippen LogP contribution is -2.44. The van der Waals surface area contributed by atoms with Gasteiger partial charge in [0.05, 0.1) is 6.04 Å². The first-order valence-corrected chi connectivity index (χ1v) is 6.92. The van der Waals surface area contributed by atoms with Crippen LogP contribution in [0.15, 0.2) is 24.3 Å². The number of halogens is 1. The van der Waals surface area contributed by atoms with Crippen LogP contribution in [0.5, 0.6) is 0 Å². The number of benzene rings is 1. The van der Waals surface area contributed by atoms with E-state index in [0.717, 1.165) is 24.8 Å². The van der Waals surface area contributed by atoms with Crippen molar-refractivity contribution in [2.24, 2.45) is 5.73 Å². The van der Waals surface area contributed by atoms with Crippen LogP contribution in [0.2, 0.25) is 0 Å². The van der Waals surface area contributed by atoms with Gasteiger partial charge >= 0.3 is 0 Å². The Balaban J connectivity index is 2.04. The molecule has 1 aliphatic rings. The van der Waals surface area contributed by atoms with Crippen LogP contribution in [0.3, 0.4) is 0 Å². The second-order valence-corrected chi connectivity index (χ2v) is 5.22. The lowest BCUT2D eigenvalue weighted by molar-refractivity contribution is -0.134. The summed E-state index contributed by atoms with van der Waals surface area (Å²) in [6.45, 7) is 2.55. The zero-order chi connectivity index (χ0) is 13.8. The number of nitrogens with zero attached hydrogens (tertiary/aromatic N) is 1. The van der Waals surface area contributed by atoms with Gasteiger partial charge in [-0.3, -0.25) is 4.79 Å². The van der Waals surface area contributed by atoms with Crippen molar-refractivity contribution < 1.29 is 9.18 Å². The molecule has 1 fully saturated rings. The van der Waals surface area contributed by atoms with Gasteiger partial charge in [0.1, 0.15) is 5.82 Å². The van der Waals surface area contributed by atoms with Gasteiger partial charge in [-0.1, -0.05) is 25.5 Å². The molecule has 0 spiro atoms. The number of hydrogen-bond acceptors (Lipinski definition) is 2. The fourth-order valence-electron chi connectivity index (χ4n) is 2.21. The third-order valence-electron chi connectivity index (χ3n) is 3.45. The monoisotopic (exact) mass is 264 g/mol. The summed E-state index contributed by atoms with van der Waals surface area (Å²) in [7, 11) is 0. The first kappa shape index (κ1) is 14.0. The third-order valence-corrected chi connectivity index (χ3v) is 3.45. The minimum atomic E-state index is -0.411. The summed E-state index contributed by atoms with van der Waals surface area (Å²) in [5, 5.41) is 0. The predicted molar refractivity (Wildman–Crippen MR) is 72.9 cm³/mol. The molecule has 0 saturated heterocycles. The second kappa shape index (κ2) is 6.15. The van der Waals surface area contributed by atoms with Gasteiger partial charge in [0.15, 0.2) is 0 Å². The summed E-state index contributed by atoms with van der Waals surface area (Å²) >= 11 is 0. The summed E-state index contributed by atoms with van der Waals surface area (Å²) < 4.78 is 12.9. The van der Waals surface area contributed by atoms with Crippen LogP contribution in [0.25, 0.3) is 0 Å². The van der Waals surface area contributed by atoms with E-state index in [2.05, 4.69) is 0 Å². The highest BCUT2D eigenvalue weighted by molar-refractivity contribution is 5.82. The molecule has 1 atom stereocenters. The predicted octanol–water partition coefficient (Wildman–Crippen LogP) is 2.44. The molecular formula is C15H21FN2O. The van der Waals surface area contributed by atoms with E-state index in [-0.39, 0.29) is 11.7 Å². The molecule has 104 valence electrons. The molecule has 1 saturated carbocycles. The molecule has 0 aliphatic heterocycles. The number of hydrogen-bond donors (Lipinski definition) is 1. The fourth-order valence-corrected chi connectivity index (χ4v) is 2.21. The Bertz CT molecular complexity index is 428. The van der Waals surface area contributed by atoms with E-state index >= 15 is 0 Å². The SMILES string of the molecule is CCC[C@@H](N)C(=O)N(Cc1ccc(F)cc1)C1CC1. The van der Waals surface area contributed by atoms with Crippen molar-refractivity contribution in [2.75, 3.05) is 0 Å². The molecule has 3 nitrogen and oxygen atoms in total. The molecule has 2 rings (SSSR count). The molecule has 0 radical (unpaired) electrons. The van der Waals surface area contributed by atoms with Gasteiger partial charge in [0.25, 0.3) is 0 Å². The largest absolute Gasteiger partial charge is 0.334 e. The quantitative estimate of drug-likeness (QED) is 0.857. The number of carbonyl (C=O) groups excluding carboxylic acids is 1. The molecule has 4 heteroatoms. The molecule has 0 aromatic heterocycles. The summed E-state index contributed by atoms with van der Waals surface area (Å²) in [6, 6.07) is 6.21. The van der Waals surface area contributed by atoms with Gasteiger partial charge in [-0.15, -0.1) is 0 Å². The highest BCUT2D eigenvalue weighted by atomic mass is 19.1. The topological polar surface area (TPSA) is 46.3 Å². The Kier molecular flexibility index (Phi) is 4.53. The highest BCUT2D eigenvalue weighted by Crippen LogP contribution is 2.29. The maximum Gasteiger partial charge on any atom is 0.240 e. The Labute approximate surface area is 113 Å². The maximum atomic E-state index is 12.9. The van der Waals surface area contributed by atoms with Crippen LogP contribution in [-0.4, -0.2) is 22.9 Å². The maximum absolute atomic E-state index is 12.9. The van der Waals surface area contributed by atoms with E-state index in [4.69, 9.17) is 5.73 Å². The van der Waals surface area contributed by atoms with Crippen molar-refractivity contribution in [1.29, 1.82) is 0 Å². The zero-order valence-electron chi connectivity index (χ0n) is 11.3. The first-order chi connectivity index (χ1) is 9.11. The van der Waals surface area contributed by atoms with Crippen LogP contribution in [-0.2, 0) is 11.3 Å². The molecule has 1 aromatic carbocycles. The van der Waals surface area contributed by atoms with Crippen molar-refractivity contribution in [2.45, 2.75) is 51.2 Å². The van der Waals surface area contributed by atoms with Crippen LogP contribution >= 0.6 is 0 Å². The van der Waals surface area contributed by atoms with Gasteiger partial charge in [-0.05, 0) is 37.0 Å². The summed E-state index contributed by atoms with van der Waals surface area (Å²) in [4.78, 5) is 14.2. The molecule has 1 aliphatic carbocycles. The summed E-state index contributed by atoms with van der Waals surface area (Å²) in [5.74, 6) is -0.232. The summed E-state index contributed by atoms with van der Waals surface area (Å²) in [6.07, 6.45) is 3.71. The van der Waals surface area contributed by atoms with E-state index < -0.39 is 6.04 Å². The molecule has 19 heavy (non-hydrogen) atoms. The average Bonchev–Trinajstić information content (AvgIpc) is 3.22. The van der Waals surface area contributed by atoms with Crippen molar-refractivity contribution in [1.82, 2.24) is 4.90 Å².